The van der Waals surface area contributed by atoms with Crippen LogP contribution >= 0.6 is 0 Å². The van der Waals surface area contributed by atoms with E-state index < -0.39 is 11.8 Å². The van der Waals surface area contributed by atoms with E-state index in [-0.39, 0.29) is 6.61 Å². The number of hydrogen-bond donors (Lipinski definition) is 2. The van der Waals surface area contributed by atoms with Crippen molar-refractivity contribution in [2.75, 3.05) is 6.61 Å². The van der Waals surface area contributed by atoms with E-state index in [0.717, 1.165) is 0 Å². The second kappa shape index (κ2) is 4.93. The molecule has 74 valence electrons. The minimum Gasteiger partial charge on any atom is -0.368 e. The van der Waals surface area contributed by atoms with Crippen molar-refractivity contribution in [2.24, 2.45) is 5.73 Å². The molecule has 1 aromatic heterocycles. The quantitative estimate of drug-likeness (QED) is 0.616. The number of carbonyl (C=O) groups excluding carboxylic acids is 2. The lowest BCUT2D eigenvalue weighted by atomic mass is 10.3. The van der Waals surface area contributed by atoms with Crippen LogP contribution < -0.4 is 11.2 Å². The number of pyridine rings is 1. The fourth-order valence-electron chi connectivity index (χ4n) is 0.729. The molecule has 0 aromatic carbocycles. The first kappa shape index (κ1) is 10.1. The Morgan fingerprint density at radius 2 is 2.36 bits per heavy atom. The number of hydroxylamine groups is 1. The minimum absolute atomic E-state index is 0.344. The molecule has 0 spiro atoms. The van der Waals surface area contributed by atoms with E-state index in [0.29, 0.717) is 5.56 Å². The number of nitrogens with one attached hydrogen (secondary N) is 1. The van der Waals surface area contributed by atoms with Gasteiger partial charge in [-0.05, 0) is 12.1 Å². The number of nitrogens with two attached hydrogens (primary N) is 1. The van der Waals surface area contributed by atoms with E-state index in [1.165, 1.54) is 6.20 Å². The molecule has 0 atom stereocenters. The van der Waals surface area contributed by atoms with Crippen LogP contribution in [0.5, 0.6) is 0 Å². The Bertz CT molecular complexity index is 326. The van der Waals surface area contributed by atoms with Gasteiger partial charge in [-0.15, -0.1) is 0 Å². The van der Waals surface area contributed by atoms with Gasteiger partial charge in [0, 0.05) is 12.4 Å². The summed E-state index contributed by atoms with van der Waals surface area (Å²) in [5.74, 6) is -1.13. The van der Waals surface area contributed by atoms with Crippen molar-refractivity contribution < 1.29 is 14.4 Å². The Balaban J connectivity index is 2.40. The Morgan fingerprint density at radius 1 is 1.57 bits per heavy atom. The molecule has 3 N–H and O–H groups in total. The summed E-state index contributed by atoms with van der Waals surface area (Å²) < 4.78 is 0. The normalized spacial score (nSPS) is 9.43. The fourth-order valence-corrected chi connectivity index (χ4v) is 0.729. The van der Waals surface area contributed by atoms with E-state index in [1.54, 1.807) is 18.3 Å². The summed E-state index contributed by atoms with van der Waals surface area (Å²) in [6.45, 7) is -0.355. The zero-order chi connectivity index (χ0) is 10.4. The summed E-state index contributed by atoms with van der Waals surface area (Å²) in [5, 5.41) is 0. The third-order valence-corrected chi connectivity index (χ3v) is 1.30. The topological polar surface area (TPSA) is 94.3 Å². The standard InChI is InChI=1S/C8H9N3O3/c9-7(12)5-14-11-8(13)6-2-1-3-10-4-6/h1-4H,5H2,(H2,9,12)(H,11,13). The predicted molar refractivity (Wildman–Crippen MR) is 46.8 cm³/mol. The Morgan fingerprint density at radius 3 is 2.93 bits per heavy atom. The lowest BCUT2D eigenvalue weighted by molar-refractivity contribution is -0.124. The molecule has 0 aliphatic heterocycles. The first-order valence-corrected chi connectivity index (χ1v) is 3.80. The van der Waals surface area contributed by atoms with Crippen LogP contribution in [0.3, 0.4) is 0 Å². The van der Waals surface area contributed by atoms with Crippen LogP contribution in [-0.2, 0) is 9.63 Å². The lowest BCUT2D eigenvalue weighted by Crippen LogP contribution is -2.29. The van der Waals surface area contributed by atoms with Crippen molar-refractivity contribution in [3.05, 3.63) is 30.1 Å². The van der Waals surface area contributed by atoms with Crippen LogP contribution in [-0.4, -0.2) is 23.4 Å². The van der Waals surface area contributed by atoms with Crippen LogP contribution in [0.2, 0.25) is 0 Å². The third kappa shape index (κ3) is 3.20. The highest BCUT2D eigenvalue weighted by Gasteiger charge is 2.04. The van der Waals surface area contributed by atoms with E-state index in [2.05, 4.69) is 15.3 Å². The largest absolute Gasteiger partial charge is 0.368 e. The van der Waals surface area contributed by atoms with Gasteiger partial charge in [-0.2, -0.15) is 0 Å². The van der Waals surface area contributed by atoms with E-state index in [1.807, 2.05) is 0 Å². The van der Waals surface area contributed by atoms with Crippen LogP contribution in [0.15, 0.2) is 24.5 Å². The zero-order valence-electron chi connectivity index (χ0n) is 7.27. The number of carbonyl (C=O) groups is 2. The van der Waals surface area contributed by atoms with Gasteiger partial charge in [0.05, 0.1) is 5.56 Å². The maximum atomic E-state index is 11.2. The van der Waals surface area contributed by atoms with Gasteiger partial charge in [-0.1, -0.05) is 0 Å². The molecule has 1 rings (SSSR count). The third-order valence-electron chi connectivity index (χ3n) is 1.30. The van der Waals surface area contributed by atoms with Gasteiger partial charge in [0.1, 0.15) is 0 Å². The molecule has 14 heavy (non-hydrogen) atoms. The number of hydrogen-bond acceptors (Lipinski definition) is 4. The van der Waals surface area contributed by atoms with Crippen LogP contribution in [0.1, 0.15) is 10.4 Å². The number of primary amides is 1. The second-order valence-corrected chi connectivity index (χ2v) is 2.43. The fraction of sp³-hybridized carbons (Fsp3) is 0.125. The first-order valence-electron chi connectivity index (χ1n) is 3.80. The summed E-state index contributed by atoms with van der Waals surface area (Å²) in [7, 11) is 0. The van der Waals surface area contributed by atoms with Crippen molar-refractivity contribution in [1.29, 1.82) is 0 Å². The molecule has 0 unspecified atom stereocenters. The Labute approximate surface area is 80.0 Å². The molecule has 1 aromatic rings. The van der Waals surface area contributed by atoms with Gasteiger partial charge in [-0.25, -0.2) is 5.48 Å². The first-order chi connectivity index (χ1) is 6.70. The molecule has 1 heterocycles. The van der Waals surface area contributed by atoms with Gasteiger partial charge < -0.3 is 5.73 Å². The SMILES string of the molecule is NC(=O)CONC(=O)c1cccnc1. The molecule has 0 fully saturated rings. The molecule has 2 amide bonds. The van der Waals surface area contributed by atoms with Crippen molar-refractivity contribution in [1.82, 2.24) is 10.5 Å². The average Bonchev–Trinajstić information content (AvgIpc) is 2.18. The molecular formula is C8H9N3O3. The van der Waals surface area contributed by atoms with Gasteiger partial charge in [0.2, 0.25) is 5.91 Å². The highest BCUT2D eigenvalue weighted by Crippen LogP contribution is 1.94. The Hall–Kier alpha value is -1.95. The summed E-state index contributed by atoms with van der Waals surface area (Å²) in [4.78, 5) is 29.7. The second-order valence-electron chi connectivity index (χ2n) is 2.43. The summed E-state index contributed by atoms with van der Waals surface area (Å²) >= 11 is 0. The molecule has 0 aliphatic rings. The van der Waals surface area contributed by atoms with Crippen molar-refractivity contribution in [3.8, 4) is 0 Å². The molecule has 0 saturated carbocycles. The van der Waals surface area contributed by atoms with Gasteiger partial charge in [-0.3, -0.25) is 19.4 Å². The molecule has 0 bridgehead atoms. The van der Waals surface area contributed by atoms with Crippen molar-refractivity contribution >= 4 is 11.8 Å². The maximum absolute atomic E-state index is 11.2. The predicted octanol–water partition coefficient (Wildman–Crippen LogP) is -0.772. The van der Waals surface area contributed by atoms with Crippen LogP contribution in [0.25, 0.3) is 0 Å². The highest BCUT2D eigenvalue weighted by atomic mass is 16.7. The smallest absolute Gasteiger partial charge is 0.276 e. The number of nitrogens with zero attached hydrogens (tertiary/aromatic N) is 1. The summed E-state index contributed by atoms with van der Waals surface area (Å²) in [5.41, 5.74) is 7.18. The van der Waals surface area contributed by atoms with Gasteiger partial charge in [0.15, 0.2) is 6.61 Å². The van der Waals surface area contributed by atoms with Crippen molar-refractivity contribution in [2.45, 2.75) is 0 Å². The molecule has 0 saturated heterocycles. The highest BCUT2D eigenvalue weighted by molar-refractivity contribution is 5.93. The molecule has 0 aliphatic carbocycles. The number of amides is 2. The lowest BCUT2D eigenvalue weighted by Gasteiger charge is -2.02. The number of aromatic nitrogens is 1. The molecule has 6 heteroatoms. The van der Waals surface area contributed by atoms with Gasteiger partial charge >= 0.3 is 0 Å². The monoisotopic (exact) mass is 195 g/mol. The van der Waals surface area contributed by atoms with E-state index in [9.17, 15) is 9.59 Å². The molecule has 6 nitrogen and oxygen atoms in total. The van der Waals surface area contributed by atoms with E-state index >= 15 is 0 Å². The Kier molecular flexibility index (Phi) is 3.57. The summed E-state index contributed by atoms with van der Waals surface area (Å²) in [6, 6.07) is 3.18. The van der Waals surface area contributed by atoms with Crippen LogP contribution in [0.4, 0.5) is 0 Å². The molecular weight excluding hydrogens is 186 g/mol. The molecule has 0 radical (unpaired) electrons. The van der Waals surface area contributed by atoms with Crippen molar-refractivity contribution in [3.63, 3.8) is 0 Å². The maximum Gasteiger partial charge on any atom is 0.276 e. The minimum atomic E-state index is -0.656. The zero-order valence-corrected chi connectivity index (χ0v) is 7.27. The van der Waals surface area contributed by atoms with E-state index in [4.69, 9.17) is 5.73 Å². The number of rotatable bonds is 4. The average molecular weight is 195 g/mol. The van der Waals surface area contributed by atoms with Crippen LogP contribution in [0, 0.1) is 0 Å². The summed E-state index contributed by atoms with van der Waals surface area (Å²) in [6.07, 6.45) is 2.92. The van der Waals surface area contributed by atoms with Gasteiger partial charge in [0.25, 0.3) is 5.91 Å².